The molecule has 1 atom stereocenters. The smallest absolute Gasteiger partial charge is 0.309 e. The zero-order valence-electron chi connectivity index (χ0n) is 20.3. The van der Waals surface area contributed by atoms with E-state index in [0.29, 0.717) is 71.7 Å². The molecular formula is C28H27Cl2FN2O4. The number of piperidine rings is 1. The molecule has 37 heavy (non-hydrogen) atoms. The fourth-order valence-corrected chi connectivity index (χ4v) is 5.28. The van der Waals surface area contributed by atoms with E-state index in [9.17, 15) is 19.4 Å². The van der Waals surface area contributed by atoms with Crippen molar-refractivity contribution in [3.63, 3.8) is 0 Å². The average molecular weight is 545 g/mol. The number of carboxylic acid groups (broad SMARTS) is 1. The van der Waals surface area contributed by atoms with Gasteiger partial charge in [0.15, 0.2) is 0 Å². The molecule has 0 bridgehead atoms. The highest BCUT2D eigenvalue weighted by atomic mass is 35.5. The van der Waals surface area contributed by atoms with E-state index >= 15 is 0 Å². The third-order valence-electron chi connectivity index (χ3n) is 6.96. The third kappa shape index (κ3) is 6.34. The summed E-state index contributed by atoms with van der Waals surface area (Å²) < 4.78 is 18.8. The minimum atomic E-state index is -0.955. The largest absolute Gasteiger partial charge is 0.497 e. The second kappa shape index (κ2) is 11.7. The molecule has 1 aliphatic rings. The van der Waals surface area contributed by atoms with Crippen LogP contribution in [-0.4, -0.2) is 52.8 Å². The zero-order valence-corrected chi connectivity index (χ0v) is 21.8. The van der Waals surface area contributed by atoms with Crippen molar-refractivity contribution >= 4 is 40.1 Å². The predicted octanol–water partition coefficient (Wildman–Crippen LogP) is 5.72. The lowest BCUT2D eigenvalue weighted by atomic mass is 9.74. The van der Waals surface area contributed by atoms with Gasteiger partial charge < -0.3 is 14.9 Å². The van der Waals surface area contributed by atoms with Crippen molar-refractivity contribution in [2.45, 2.75) is 31.8 Å². The number of fused-ring (bicyclic) bond motifs is 1. The maximum Gasteiger partial charge on any atom is 0.309 e. The highest BCUT2D eigenvalue weighted by molar-refractivity contribution is 6.32. The number of aliphatic hydroxyl groups excluding tert-OH is 1. The number of aliphatic carboxylic acids is 1. The van der Waals surface area contributed by atoms with Gasteiger partial charge >= 0.3 is 5.97 Å². The van der Waals surface area contributed by atoms with Gasteiger partial charge in [0.05, 0.1) is 35.7 Å². The Morgan fingerprint density at radius 3 is 2.68 bits per heavy atom. The molecule has 2 N–H and O–H groups in total. The molecule has 0 saturated carbocycles. The van der Waals surface area contributed by atoms with Crippen molar-refractivity contribution in [1.82, 2.24) is 9.88 Å². The maximum atomic E-state index is 13.5. The monoisotopic (exact) mass is 544 g/mol. The van der Waals surface area contributed by atoms with Gasteiger partial charge in [0.2, 0.25) is 0 Å². The molecular weight excluding hydrogens is 518 g/mol. The molecule has 2 aromatic carbocycles. The molecule has 6 nitrogen and oxygen atoms in total. The minimum Gasteiger partial charge on any atom is -0.497 e. The van der Waals surface area contributed by atoms with Crippen molar-refractivity contribution < 1.29 is 24.1 Å². The Morgan fingerprint density at radius 1 is 1.24 bits per heavy atom. The maximum absolute atomic E-state index is 13.5. The number of likely N-dealkylation sites (tertiary alicyclic amines) is 1. The van der Waals surface area contributed by atoms with Gasteiger partial charge in [-0.1, -0.05) is 35.0 Å². The number of carboxylic acids is 1. The number of pyridine rings is 1. The van der Waals surface area contributed by atoms with E-state index in [2.05, 4.69) is 21.7 Å². The SMILES string of the molecule is COc1ccc2ncc(Cl)c([C@H](O)CCC3(C(=O)O)CCN(CC#Cc4cc(F)cc(Cl)c4)CC3)c2c1. The highest BCUT2D eigenvalue weighted by Crippen LogP contribution is 2.41. The summed E-state index contributed by atoms with van der Waals surface area (Å²) in [7, 11) is 1.56. The number of rotatable bonds is 7. The number of methoxy groups -OCH3 is 1. The number of aliphatic hydroxyl groups is 1. The van der Waals surface area contributed by atoms with Gasteiger partial charge in [-0.3, -0.25) is 14.7 Å². The van der Waals surface area contributed by atoms with Crippen LogP contribution in [0, 0.1) is 23.1 Å². The van der Waals surface area contributed by atoms with Crippen molar-refractivity contribution in [1.29, 1.82) is 0 Å². The number of benzene rings is 2. The molecule has 1 aromatic heterocycles. The molecule has 4 rings (SSSR count). The van der Waals surface area contributed by atoms with Crippen LogP contribution in [0.2, 0.25) is 10.0 Å². The van der Waals surface area contributed by atoms with Gasteiger partial charge in [-0.25, -0.2) is 4.39 Å². The first kappa shape index (κ1) is 27.2. The van der Waals surface area contributed by atoms with Gasteiger partial charge in [0, 0.05) is 40.8 Å². The summed E-state index contributed by atoms with van der Waals surface area (Å²) in [5, 5.41) is 22.5. The Balaban J connectivity index is 1.41. The number of hydrogen-bond acceptors (Lipinski definition) is 5. The van der Waals surface area contributed by atoms with Crippen LogP contribution in [0.15, 0.2) is 42.6 Å². The molecule has 0 unspecified atom stereocenters. The Morgan fingerprint density at radius 2 is 2.00 bits per heavy atom. The van der Waals surface area contributed by atoms with Crippen LogP contribution < -0.4 is 4.74 Å². The van der Waals surface area contributed by atoms with Crippen molar-refractivity contribution in [2.75, 3.05) is 26.7 Å². The molecule has 0 spiro atoms. The lowest BCUT2D eigenvalue weighted by molar-refractivity contribution is -0.153. The first-order valence-corrected chi connectivity index (χ1v) is 12.7. The van der Waals surface area contributed by atoms with Crippen molar-refractivity contribution in [3.05, 3.63) is 69.6 Å². The van der Waals surface area contributed by atoms with Crippen LogP contribution in [-0.2, 0) is 4.79 Å². The van der Waals surface area contributed by atoms with Crippen LogP contribution in [0.4, 0.5) is 4.39 Å². The second-order valence-electron chi connectivity index (χ2n) is 9.28. The molecule has 2 heterocycles. The topological polar surface area (TPSA) is 82.9 Å². The molecule has 9 heteroatoms. The number of hydrogen-bond donors (Lipinski definition) is 2. The zero-order chi connectivity index (χ0) is 26.6. The van der Waals surface area contributed by atoms with Crippen LogP contribution in [0.25, 0.3) is 10.9 Å². The molecule has 194 valence electrons. The van der Waals surface area contributed by atoms with E-state index in [1.54, 1.807) is 31.4 Å². The first-order chi connectivity index (χ1) is 17.7. The van der Waals surface area contributed by atoms with Crippen LogP contribution >= 0.6 is 23.2 Å². The lowest BCUT2D eigenvalue weighted by Gasteiger charge is -2.38. The third-order valence-corrected chi connectivity index (χ3v) is 7.48. The standard InChI is InChI=1S/C28H27Cl2FN2O4/c1-37-21-4-5-24-22(16-21)26(23(30)17-32-24)25(34)6-7-28(27(35)36)8-11-33(12-9-28)10-2-3-18-13-19(29)15-20(31)14-18/h4-5,13-17,25,34H,6-12H2,1H3,(H,35,36)/t25-/m1/s1. The van der Waals surface area contributed by atoms with E-state index in [-0.39, 0.29) is 11.4 Å². The van der Waals surface area contributed by atoms with Crippen molar-refractivity contribution in [3.8, 4) is 17.6 Å². The quantitative estimate of drug-likeness (QED) is 0.370. The van der Waals surface area contributed by atoms with E-state index in [1.165, 1.54) is 18.3 Å². The minimum absolute atomic E-state index is 0.239. The summed E-state index contributed by atoms with van der Waals surface area (Å²) in [5.74, 6) is 5.23. The van der Waals surface area contributed by atoms with Crippen LogP contribution in [0.5, 0.6) is 5.75 Å². The summed E-state index contributed by atoms with van der Waals surface area (Å²) in [6, 6.07) is 9.50. The fraction of sp³-hybridized carbons (Fsp3) is 0.357. The highest BCUT2D eigenvalue weighted by Gasteiger charge is 2.41. The number of halogens is 3. The van der Waals surface area contributed by atoms with E-state index < -0.39 is 23.3 Å². The van der Waals surface area contributed by atoms with Gasteiger partial charge in [-0.2, -0.15) is 0 Å². The molecule has 1 aliphatic heterocycles. The lowest BCUT2D eigenvalue weighted by Crippen LogP contribution is -2.44. The number of ether oxygens (including phenoxy) is 1. The summed E-state index contributed by atoms with van der Waals surface area (Å²) in [6.07, 6.45) is 1.95. The summed E-state index contributed by atoms with van der Waals surface area (Å²) in [5.41, 5.74) is 0.739. The number of nitrogens with zero attached hydrogens (tertiary/aromatic N) is 2. The van der Waals surface area contributed by atoms with Gasteiger partial charge in [0.1, 0.15) is 11.6 Å². The Kier molecular flexibility index (Phi) is 8.56. The van der Waals surface area contributed by atoms with Crippen LogP contribution in [0.3, 0.4) is 0 Å². The molecule has 1 saturated heterocycles. The molecule has 0 amide bonds. The van der Waals surface area contributed by atoms with Crippen LogP contribution in [0.1, 0.15) is 42.9 Å². The normalized spacial score (nSPS) is 16.1. The summed E-state index contributed by atoms with van der Waals surface area (Å²) >= 11 is 12.3. The summed E-state index contributed by atoms with van der Waals surface area (Å²) in [6.45, 7) is 1.54. The summed E-state index contributed by atoms with van der Waals surface area (Å²) in [4.78, 5) is 18.7. The number of carbonyl (C=O) groups is 1. The Hall–Kier alpha value is -2.89. The van der Waals surface area contributed by atoms with E-state index in [4.69, 9.17) is 27.9 Å². The number of aromatic nitrogens is 1. The molecule has 3 aromatic rings. The fourth-order valence-electron chi connectivity index (χ4n) is 4.78. The molecule has 0 aliphatic carbocycles. The van der Waals surface area contributed by atoms with Gasteiger partial charge in [0.25, 0.3) is 0 Å². The van der Waals surface area contributed by atoms with Gasteiger partial charge in [-0.05, 0) is 62.1 Å². The van der Waals surface area contributed by atoms with Gasteiger partial charge in [-0.15, -0.1) is 0 Å². The van der Waals surface area contributed by atoms with Crippen molar-refractivity contribution in [2.24, 2.45) is 5.41 Å². The Bertz CT molecular complexity index is 1340. The predicted molar refractivity (Wildman–Crippen MR) is 142 cm³/mol. The molecule has 0 radical (unpaired) electrons. The Labute approximate surface area is 225 Å². The van der Waals surface area contributed by atoms with E-state index in [0.717, 1.165) is 0 Å². The first-order valence-electron chi connectivity index (χ1n) is 11.9. The van der Waals surface area contributed by atoms with E-state index in [1.807, 2.05) is 0 Å². The average Bonchev–Trinajstić information content (AvgIpc) is 2.87. The second-order valence-corrected chi connectivity index (χ2v) is 10.1. The molecule has 1 fully saturated rings.